The van der Waals surface area contributed by atoms with E-state index in [4.69, 9.17) is 15.2 Å². The molecule has 1 aliphatic heterocycles. The van der Waals surface area contributed by atoms with Crippen molar-refractivity contribution in [2.75, 3.05) is 12.3 Å². The molecule has 1 aliphatic rings. The van der Waals surface area contributed by atoms with Crippen LogP contribution < -0.4 is 11.4 Å². The molecular weight excluding hydrogens is 198 g/mol. The van der Waals surface area contributed by atoms with Crippen molar-refractivity contribution in [3.8, 4) is 0 Å². The first-order chi connectivity index (χ1) is 7.20. The lowest BCUT2D eigenvalue weighted by Gasteiger charge is -2.11. The molecule has 1 fully saturated rings. The minimum absolute atomic E-state index is 0.210. The molecule has 0 aliphatic carbocycles. The fourth-order valence-electron chi connectivity index (χ4n) is 1.45. The summed E-state index contributed by atoms with van der Waals surface area (Å²) in [6.07, 6.45) is 1.69. The normalized spacial score (nSPS) is 25.7. The van der Waals surface area contributed by atoms with E-state index in [1.807, 2.05) is 6.92 Å². The van der Waals surface area contributed by atoms with Gasteiger partial charge in [-0.1, -0.05) is 6.92 Å². The summed E-state index contributed by atoms with van der Waals surface area (Å²) < 4.78 is 12.2. The maximum atomic E-state index is 11.5. The number of hydrogen-bond acceptors (Lipinski definition) is 5. The Balaban J connectivity index is 2.20. The van der Waals surface area contributed by atoms with Crippen LogP contribution in [0.25, 0.3) is 0 Å². The number of ether oxygens (including phenoxy) is 2. The monoisotopic (exact) mass is 211 g/mol. The summed E-state index contributed by atoms with van der Waals surface area (Å²) in [6.45, 7) is 2.32. The van der Waals surface area contributed by atoms with Crippen LogP contribution in [0.1, 0.15) is 19.6 Å². The second-order valence-electron chi connectivity index (χ2n) is 3.30. The van der Waals surface area contributed by atoms with E-state index >= 15 is 0 Å². The maximum Gasteiger partial charge on any atom is 0.351 e. The number of nitrogen functional groups attached to an aromatic ring is 1. The van der Waals surface area contributed by atoms with Crippen LogP contribution in [0.15, 0.2) is 17.1 Å². The molecule has 82 valence electrons. The van der Waals surface area contributed by atoms with Crippen molar-refractivity contribution in [2.24, 2.45) is 0 Å². The first-order valence-corrected chi connectivity index (χ1v) is 4.82. The van der Waals surface area contributed by atoms with Gasteiger partial charge in [-0.15, -0.1) is 0 Å². The molecule has 0 aromatic carbocycles. The Morgan fingerprint density at radius 2 is 2.53 bits per heavy atom. The van der Waals surface area contributed by atoms with Crippen LogP contribution in [0, 0.1) is 0 Å². The van der Waals surface area contributed by atoms with Gasteiger partial charge in [0.05, 0.1) is 6.61 Å². The summed E-state index contributed by atoms with van der Waals surface area (Å²) in [4.78, 5) is 15.1. The third-order valence-electron chi connectivity index (χ3n) is 2.23. The molecule has 6 nitrogen and oxygen atoms in total. The van der Waals surface area contributed by atoms with Gasteiger partial charge < -0.3 is 15.2 Å². The highest BCUT2D eigenvalue weighted by Crippen LogP contribution is 2.20. The Hall–Kier alpha value is -1.40. The van der Waals surface area contributed by atoms with E-state index in [-0.39, 0.29) is 12.1 Å². The first kappa shape index (κ1) is 10.1. The zero-order chi connectivity index (χ0) is 10.8. The van der Waals surface area contributed by atoms with Crippen LogP contribution in [0.3, 0.4) is 0 Å². The number of aromatic nitrogens is 2. The SMILES string of the molecule is CC[C@H]1OC[C@@H](n2ccc(N)nc2=O)O1. The number of anilines is 1. The second-order valence-corrected chi connectivity index (χ2v) is 3.30. The minimum atomic E-state index is -0.416. The number of rotatable bonds is 2. The van der Waals surface area contributed by atoms with Crippen molar-refractivity contribution in [3.05, 3.63) is 22.7 Å². The van der Waals surface area contributed by atoms with E-state index in [1.165, 1.54) is 4.57 Å². The molecular formula is C9H13N3O3. The van der Waals surface area contributed by atoms with Crippen molar-refractivity contribution in [1.29, 1.82) is 0 Å². The molecule has 2 heterocycles. The Kier molecular flexibility index (Phi) is 2.70. The van der Waals surface area contributed by atoms with Crippen molar-refractivity contribution in [2.45, 2.75) is 25.9 Å². The molecule has 6 heteroatoms. The average molecular weight is 211 g/mol. The highest BCUT2D eigenvalue weighted by Gasteiger charge is 2.26. The van der Waals surface area contributed by atoms with E-state index in [9.17, 15) is 4.79 Å². The van der Waals surface area contributed by atoms with Crippen LogP contribution in [-0.2, 0) is 9.47 Å². The molecule has 0 amide bonds. The topological polar surface area (TPSA) is 79.4 Å². The Morgan fingerprint density at radius 1 is 1.73 bits per heavy atom. The van der Waals surface area contributed by atoms with Gasteiger partial charge in [0.1, 0.15) is 5.82 Å². The van der Waals surface area contributed by atoms with Crippen LogP contribution in [0.2, 0.25) is 0 Å². The van der Waals surface area contributed by atoms with Gasteiger partial charge in [-0.2, -0.15) is 4.98 Å². The van der Waals surface area contributed by atoms with Gasteiger partial charge in [0.2, 0.25) is 0 Å². The quantitative estimate of drug-likeness (QED) is 0.750. The predicted molar refractivity (Wildman–Crippen MR) is 53.1 cm³/mol. The van der Waals surface area contributed by atoms with Gasteiger partial charge in [0, 0.05) is 6.20 Å². The highest BCUT2D eigenvalue weighted by atomic mass is 16.7. The highest BCUT2D eigenvalue weighted by molar-refractivity contribution is 5.23. The summed E-state index contributed by atoms with van der Waals surface area (Å²) >= 11 is 0. The van der Waals surface area contributed by atoms with Crippen LogP contribution in [0.5, 0.6) is 0 Å². The minimum Gasteiger partial charge on any atom is -0.383 e. The summed E-state index contributed by atoms with van der Waals surface area (Å²) in [7, 11) is 0. The zero-order valence-corrected chi connectivity index (χ0v) is 8.42. The van der Waals surface area contributed by atoms with Gasteiger partial charge in [0.15, 0.2) is 12.5 Å². The molecule has 1 saturated heterocycles. The molecule has 1 aromatic heterocycles. The standard InChI is InChI=1S/C9H13N3O3/c1-2-8-14-5-7(15-8)12-4-3-6(10)11-9(12)13/h3-4,7-8H,2,5H2,1H3,(H2,10,11,13)/t7-,8-/m0/s1. The lowest BCUT2D eigenvalue weighted by Crippen LogP contribution is -2.28. The van der Waals surface area contributed by atoms with Crippen LogP contribution in [0.4, 0.5) is 5.82 Å². The molecule has 1 aromatic rings. The summed E-state index contributed by atoms with van der Waals surface area (Å²) in [6, 6.07) is 1.56. The smallest absolute Gasteiger partial charge is 0.351 e. The molecule has 0 spiro atoms. The van der Waals surface area contributed by atoms with Crippen LogP contribution in [-0.4, -0.2) is 22.4 Å². The Labute approximate surface area is 86.6 Å². The van der Waals surface area contributed by atoms with E-state index in [0.717, 1.165) is 6.42 Å². The average Bonchev–Trinajstić information content (AvgIpc) is 2.66. The molecule has 0 bridgehead atoms. The Bertz CT molecular complexity index is 404. The van der Waals surface area contributed by atoms with Crippen molar-refractivity contribution in [3.63, 3.8) is 0 Å². The summed E-state index contributed by atoms with van der Waals surface area (Å²) in [5, 5.41) is 0. The largest absolute Gasteiger partial charge is 0.383 e. The van der Waals surface area contributed by atoms with E-state index in [1.54, 1.807) is 12.3 Å². The molecule has 0 saturated carbocycles. The van der Waals surface area contributed by atoms with Crippen LogP contribution >= 0.6 is 0 Å². The summed E-state index contributed by atoms with van der Waals surface area (Å²) in [5.74, 6) is 0.210. The first-order valence-electron chi connectivity index (χ1n) is 4.82. The van der Waals surface area contributed by atoms with E-state index in [2.05, 4.69) is 4.98 Å². The fraction of sp³-hybridized carbons (Fsp3) is 0.556. The molecule has 15 heavy (non-hydrogen) atoms. The van der Waals surface area contributed by atoms with Gasteiger partial charge >= 0.3 is 5.69 Å². The zero-order valence-electron chi connectivity index (χ0n) is 8.42. The molecule has 2 rings (SSSR count). The van der Waals surface area contributed by atoms with Crippen molar-refractivity contribution >= 4 is 5.82 Å². The fourth-order valence-corrected chi connectivity index (χ4v) is 1.45. The molecule has 0 unspecified atom stereocenters. The number of nitrogens with two attached hydrogens (primary N) is 1. The Morgan fingerprint density at radius 3 is 3.13 bits per heavy atom. The maximum absolute atomic E-state index is 11.5. The summed E-state index contributed by atoms with van der Waals surface area (Å²) in [5.41, 5.74) is 4.97. The predicted octanol–water partition coefficient (Wildman–Crippen LogP) is 0.107. The second kappa shape index (κ2) is 4.00. The van der Waals surface area contributed by atoms with Gasteiger partial charge in [0.25, 0.3) is 0 Å². The molecule has 2 N–H and O–H groups in total. The molecule has 0 radical (unpaired) electrons. The number of nitrogens with zero attached hydrogens (tertiary/aromatic N) is 2. The lowest BCUT2D eigenvalue weighted by molar-refractivity contribution is -0.0731. The van der Waals surface area contributed by atoms with Crippen molar-refractivity contribution in [1.82, 2.24) is 9.55 Å². The van der Waals surface area contributed by atoms with E-state index < -0.39 is 11.9 Å². The van der Waals surface area contributed by atoms with E-state index in [0.29, 0.717) is 6.61 Å². The lowest BCUT2D eigenvalue weighted by atomic mass is 10.5. The molecule has 2 atom stereocenters. The third-order valence-corrected chi connectivity index (χ3v) is 2.23. The van der Waals surface area contributed by atoms with Gasteiger partial charge in [-0.3, -0.25) is 4.57 Å². The van der Waals surface area contributed by atoms with Gasteiger partial charge in [-0.25, -0.2) is 4.79 Å². The van der Waals surface area contributed by atoms with Crippen molar-refractivity contribution < 1.29 is 9.47 Å². The van der Waals surface area contributed by atoms with Gasteiger partial charge in [-0.05, 0) is 12.5 Å². The third kappa shape index (κ3) is 2.00. The number of hydrogen-bond donors (Lipinski definition) is 1.